The molecule has 7 nitrogen and oxygen atoms in total. The van der Waals surface area contributed by atoms with Gasteiger partial charge in [-0.25, -0.2) is 8.42 Å². The number of anilines is 1. The Morgan fingerprint density at radius 3 is 2.62 bits per heavy atom. The van der Waals surface area contributed by atoms with Gasteiger partial charge < -0.3 is 4.42 Å². The molecule has 0 saturated carbocycles. The number of aryl methyl sites for hydroxylation is 1. The van der Waals surface area contributed by atoms with Crippen molar-refractivity contribution in [1.82, 2.24) is 10.2 Å². The SMILES string of the molecule is Cc1cccc(CC(=O)Nc2nnc(-c3ccccc3S(C)(=O)=O)o2)c1. The summed E-state index contributed by atoms with van der Waals surface area (Å²) in [6.07, 6.45) is 1.27. The van der Waals surface area contributed by atoms with Crippen molar-refractivity contribution in [1.29, 1.82) is 0 Å². The largest absolute Gasteiger partial charge is 0.403 e. The van der Waals surface area contributed by atoms with Gasteiger partial charge in [0.25, 0.3) is 5.89 Å². The first kappa shape index (κ1) is 17.8. The highest BCUT2D eigenvalue weighted by molar-refractivity contribution is 7.90. The Balaban J connectivity index is 1.78. The van der Waals surface area contributed by atoms with Crippen LogP contribution in [0.4, 0.5) is 6.01 Å². The maximum Gasteiger partial charge on any atom is 0.322 e. The average molecular weight is 371 g/mol. The van der Waals surface area contributed by atoms with E-state index in [1.807, 2.05) is 31.2 Å². The predicted octanol–water partition coefficient (Wildman–Crippen LogP) is 2.63. The van der Waals surface area contributed by atoms with Gasteiger partial charge in [0.2, 0.25) is 5.91 Å². The number of nitrogens with zero attached hydrogens (tertiary/aromatic N) is 2. The average Bonchev–Trinajstić information content (AvgIpc) is 3.02. The van der Waals surface area contributed by atoms with E-state index < -0.39 is 9.84 Å². The third-order valence-corrected chi connectivity index (χ3v) is 4.79. The van der Waals surface area contributed by atoms with Gasteiger partial charge in [0.1, 0.15) is 0 Å². The molecule has 0 aliphatic heterocycles. The van der Waals surface area contributed by atoms with E-state index >= 15 is 0 Å². The lowest BCUT2D eigenvalue weighted by Gasteiger charge is -2.03. The summed E-state index contributed by atoms with van der Waals surface area (Å²) < 4.78 is 29.2. The second-order valence-electron chi connectivity index (χ2n) is 5.89. The fourth-order valence-electron chi connectivity index (χ4n) is 2.52. The van der Waals surface area contributed by atoms with Crippen molar-refractivity contribution in [3.63, 3.8) is 0 Å². The number of nitrogens with one attached hydrogen (secondary N) is 1. The molecule has 8 heteroatoms. The zero-order valence-corrected chi connectivity index (χ0v) is 15.1. The molecule has 0 aliphatic carbocycles. The van der Waals surface area contributed by atoms with E-state index in [1.165, 1.54) is 6.07 Å². The Morgan fingerprint density at radius 2 is 1.88 bits per heavy atom. The normalized spacial score (nSPS) is 11.3. The number of carbonyl (C=O) groups excluding carboxylic acids is 1. The van der Waals surface area contributed by atoms with Crippen molar-refractivity contribution >= 4 is 21.8 Å². The fourth-order valence-corrected chi connectivity index (χ4v) is 3.40. The molecule has 26 heavy (non-hydrogen) atoms. The van der Waals surface area contributed by atoms with E-state index in [0.29, 0.717) is 5.56 Å². The minimum absolute atomic E-state index is 0.0249. The smallest absolute Gasteiger partial charge is 0.322 e. The van der Waals surface area contributed by atoms with Crippen LogP contribution in [0.15, 0.2) is 57.8 Å². The Hall–Kier alpha value is -3.00. The van der Waals surface area contributed by atoms with Crippen LogP contribution < -0.4 is 5.32 Å². The summed E-state index contributed by atoms with van der Waals surface area (Å²) in [5.74, 6) is -0.279. The third-order valence-electron chi connectivity index (χ3n) is 3.64. The van der Waals surface area contributed by atoms with Crippen LogP contribution in [0, 0.1) is 6.92 Å². The first-order chi connectivity index (χ1) is 12.3. The lowest BCUT2D eigenvalue weighted by Crippen LogP contribution is -2.14. The maximum atomic E-state index is 12.1. The Bertz CT molecular complexity index is 1060. The molecule has 1 amide bonds. The number of aromatic nitrogens is 2. The second kappa shape index (κ2) is 7.09. The lowest BCUT2D eigenvalue weighted by molar-refractivity contribution is -0.115. The molecule has 0 bridgehead atoms. The molecular formula is C18H17N3O4S. The zero-order chi connectivity index (χ0) is 18.7. The van der Waals surface area contributed by atoms with Gasteiger partial charge in [-0.05, 0) is 24.6 Å². The quantitative estimate of drug-likeness (QED) is 0.740. The van der Waals surface area contributed by atoms with Crippen LogP contribution in [0.3, 0.4) is 0 Å². The molecule has 0 unspecified atom stereocenters. The number of carbonyl (C=O) groups is 1. The van der Waals surface area contributed by atoms with Crippen LogP contribution in [-0.4, -0.2) is 30.8 Å². The summed E-state index contributed by atoms with van der Waals surface area (Å²) >= 11 is 0. The van der Waals surface area contributed by atoms with E-state index in [0.717, 1.165) is 17.4 Å². The Labute approximate surface area is 151 Å². The van der Waals surface area contributed by atoms with E-state index in [4.69, 9.17) is 4.42 Å². The molecule has 0 aliphatic rings. The van der Waals surface area contributed by atoms with Crippen molar-refractivity contribution < 1.29 is 17.6 Å². The van der Waals surface area contributed by atoms with Gasteiger partial charge in [0.05, 0.1) is 16.9 Å². The molecule has 134 valence electrons. The van der Waals surface area contributed by atoms with Gasteiger partial charge in [-0.2, -0.15) is 0 Å². The van der Waals surface area contributed by atoms with Crippen molar-refractivity contribution in [3.05, 3.63) is 59.7 Å². The van der Waals surface area contributed by atoms with E-state index in [9.17, 15) is 13.2 Å². The van der Waals surface area contributed by atoms with E-state index in [1.54, 1.807) is 18.2 Å². The fraction of sp³-hybridized carbons (Fsp3) is 0.167. The van der Waals surface area contributed by atoms with Gasteiger partial charge in [0.15, 0.2) is 9.84 Å². The lowest BCUT2D eigenvalue weighted by atomic mass is 10.1. The topological polar surface area (TPSA) is 102 Å². The van der Waals surface area contributed by atoms with E-state index in [-0.39, 0.29) is 29.1 Å². The summed E-state index contributed by atoms with van der Waals surface area (Å²) in [6, 6.07) is 13.8. The standard InChI is InChI=1S/C18H17N3O4S/c1-12-6-5-7-13(10-12)11-16(22)19-18-21-20-17(25-18)14-8-3-4-9-15(14)26(2,23)24/h3-10H,11H2,1-2H3,(H,19,21,22). The number of hydrogen-bond donors (Lipinski definition) is 1. The third kappa shape index (κ3) is 4.15. The second-order valence-corrected chi connectivity index (χ2v) is 7.88. The highest BCUT2D eigenvalue weighted by Gasteiger charge is 2.19. The maximum absolute atomic E-state index is 12.1. The molecular weight excluding hydrogens is 354 g/mol. The predicted molar refractivity (Wildman–Crippen MR) is 96.4 cm³/mol. The molecule has 1 N–H and O–H groups in total. The number of rotatable bonds is 5. The Morgan fingerprint density at radius 1 is 1.12 bits per heavy atom. The number of sulfone groups is 1. The van der Waals surface area contributed by atoms with Crippen LogP contribution in [0.2, 0.25) is 0 Å². The summed E-state index contributed by atoms with van der Waals surface area (Å²) in [4.78, 5) is 12.2. The molecule has 0 spiro atoms. The number of benzene rings is 2. The summed E-state index contributed by atoms with van der Waals surface area (Å²) in [7, 11) is -3.46. The first-order valence-electron chi connectivity index (χ1n) is 7.81. The van der Waals surface area contributed by atoms with Crippen molar-refractivity contribution in [2.75, 3.05) is 11.6 Å². The van der Waals surface area contributed by atoms with Gasteiger partial charge in [-0.1, -0.05) is 47.1 Å². The first-order valence-corrected chi connectivity index (χ1v) is 9.70. The molecule has 3 aromatic rings. The van der Waals surface area contributed by atoms with Gasteiger partial charge in [-0.15, -0.1) is 5.10 Å². The minimum Gasteiger partial charge on any atom is -0.403 e. The summed E-state index contributed by atoms with van der Waals surface area (Å²) in [5, 5.41) is 10.1. The molecule has 2 aromatic carbocycles. The van der Waals surface area contributed by atoms with Crippen molar-refractivity contribution in [3.8, 4) is 11.5 Å². The molecule has 3 rings (SSSR count). The van der Waals surface area contributed by atoms with Crippen LogP contribution in [0.1, 0.15) is 11.1 Å². The van der Waals surface area contributed by atoms with Gasteiger partial charge in [0, 0.05) is 6.26 Å². The number of amides is 1. The van der Waals surface area contributed by atoms with Crippen molar-refractivity contribution in [2.24, 2.45) is 0 Å². The summed E-state index contributed by atoms with van der Waals surface area (Å²) in [6.45, 7) is 1.95. The molecule has 0 fully saturated rings. The summed E-state index contributed by atoms with van der Waals surface area (Å²) in [5.41, 5.74) is 2.22. The van der Waals surface area contributed by atoms with Crippen LogP contribution >= 0.6 is 0 Å². The van der Waals surface area contributed by atoms with Crippen LogP contribution in [0.25, 0.3) is 11.5 Å². The van der Waals surface area contributed by atoms with Crippen molar-refractivity contribution in [2.45, 2.75) is 18.2 Å². The number of hydrogen-bond acceptors (Lipinski definition) is 6. The Kier molecular flexibility index (Phi) is 4.85. The molecule has 1 aromatic heterocycles. The zero-order valence-electron chi connectivity index (χ0n) is 14.3. The minimum atomic E-state index is -3.46. The highest BCUT2D eigenvalue weighted by atomic mass is 32.2. The monoisotopic (exact) mass is 371 g/mol. The van der Waals surface area contributed by atoms with Crippen LogP contribution in [0.5, 0.6) is 0 Å². The van der Waals surface area contributed by atoms with E-state index in [2.05, 4.69) is 15.5 Å². The van der Waals surface area contributed by atoms with Gasteiger partial charge >= 0.3 is 6.01 Å². The molecule has 0 atom stereocenters. The molecule has 0 saturated heterocycles. The van der Waals surface area contributed by atoms with Gasteiger partial charge in [-0.3, -0.25) is 10.1 Å². The molecule has 1 heterocycles. The highest BCUT2D eigenvalue weighted by Crippen LogP contribution is 2.27. The molecule has 0 radical (unpaired) electrons. The van der Waals surface area contributed by atoms with Crippen LogP contribution in [-0.2, 0) is 21.1 Å².